The molecule has 2 atom stereocenters. The van der Waals surface area contributed by atoms with Gasteiger partial charge in [-0.2, -0.15) is 0 Å². The Balaban J connectivity index is 1.23. The smallest absolute Gasteiger partial charge is 0.317 e. The Morgan fingerprint density at radius 1 is 1.09 bits per heavy atom. The minimum atomic E-state index is 0.0855. The van der Waals surface area contributed by atoms with Gasteiger partial charge in [0.15, 0.2) is 0 Å². The highest BCUT2D eigenvalue weighted by atomic mass is 16.5. The van der Waals surface area contributed by atoms with E-state index in [2.05, 4.69) is 65.7 Å². The molecule has 1 saturated carbocycles. The zero-order valence-corrected chi connectivity index (χ0v) is 21.1. The van der Waals surface area contributed by atoms with Crippen molar-refractivity contribution >= 4 is 6.03 Å². The van der Waals surface area contributed by atoms with E-state index in [1.165, 1.54) is 35.1 Å². The van der Waals surface area contributed by atoms with Gasteiger partial charge in [0.05, 0.1) is 6.61 Å². The van der Waals surface area contributed by atoms with Gasteiger partial charge in [0.2, 0.25) is 0 Å². The zero-order chi connectivity index (χ0) is 23.9. The highest BCUT2D eigenvalue weighted by Gasteiger charge is 2.39. The Morgan fingerprint density at radius 2 is 1.82 bits per heavy atom. The molecule has 0 spiro atoms. The summed E-state index contributed by atoms with van der Waals surface area (Å²) in [5.41, 5.74) is 5.30. The standard InChI is InChI=1S/C29H41N3O2/c1-22-10-4-7-13-26(22)23-14-16-24(17-15-23)27-20-32(28(27)21-34-3)19-9-8-18-31(2)29(33)30-25-11-5-6-12-25/h4,7,10,13-17,25,27-28H,5-6,8-9,11-12,18-21H2,1-3H3,(H,30,33)/t27-,28+/m0/s1. The lowest BCUT2D eigenvalue weighted by atomic mass is 9.82. The van der Waals surface area contributed by atoms with E-state index in [1.807, 2.05) is 11.9 Å². The number of hydrogen-bond acceptors (Lipinski definition) is 3. The molecule has 1 saturated heterocycles. The molecule has 5 nitrogen and oxygen atoms in total. The molecule has 5 heteroatoms. The summed E-state index contributed by atoms with van der Waals surface area (Å²) in [4.78, 5) is 16.7. The Morgan fingerprint density at radius 3 is 2.53 bits per heavy atom. The fourth-order valence-electron chi connectivity index (χ4n) is 5.53. The van der Waals surface area contributed by atoms with Gasteiger partial charge in [0.1, 0.15) is 0 Å². The van der Waals surface area contributed by atoms with Crippen LogP contribution in [0.5, 0.6) is 0 Å². The Kier molecular flexibility index (Phi) is 8.63. The van der Waals surface area contributed by atoms with Gasteiger partial charge >= 0.3 is 6.03 Å². The van der Waals surface area contributed by atoms with Crippen LogP contribution in [0, 0.1) is 6.92 Å². The van der Waals surface area contributed by atoms with E-state index in [0.717, 1.165) is 51.9 Å². The predicted octanol–water partition coefficient (Wildman–Crippen LogP) is 5.44. The van der Waals surface area contributed by atoms with Gasteiger partial charge in [-0.05, 0) is 61.4 Å². The highest BCUT2D eigenvalue weighted by Crippen LogP contribution is 2.36. The molecule has 1 N–H and O–H groups in total. The quantitative estimate of drug-likeness (QED) is 0.477. The van der Waals surface area contributed by atoms with E-state index in [-0.39, 0.29) is 6.03 Å². The SMILES string of the molecule is COC[C@@H]1[C@H](c2ccc(-c3ccccc3C)cc2)CN1CCCCN(C)C(=O)NC1CCCC1. The normalized spacial score (nSPS) is 20.8. The summed E-state index contributed by atoms with van der Waals surface area (Å²) in [7, 11) is 3.71. The predicted molar refractivity (Wildman–Crippen MR) is 139 cm³/mol. The molecule has 0 bridgehead atoms. The first-order chi connectivity index (χ1) is 16.6. The number of methoxy groups -OCH3 is 1. The van der Waals surface area contributed by atoms with Gasteiger partial charge in [-0.25, -0.2) is 4.79 Å². The van der Waals surface area contributed by atoms with Crippen LogP contribution in [0.15, 0.2) is 48.5 Å². The van der Waals surface area contributed by atoms with Gasteiger partial charge in [0.25, 0.3) is 0 Å². The molecule has 2 aliphatic rings. The number of unbranched alkanes of at least 4 members (excludes halogenated alkanes) is 1. The fourth-order valence-corrected chi connectivity index (χ4v) is 5.53. The first kappa shape index (κ1) is 24.7. The number of nitrogens with zero attached hydrogens (tertiary/aromatic N) is 2. The number of carbonyl (C=O) groups excluding carboxylic acids is 1. The Labute approximate surface area is 205 Å². The first-order valence-corrected chi connectivity index (χ1v) is 13.0. The molecule has 0 aromatic heterocycles. The van der Waals surface area contributed by atoms with Gasteiger partial charge in [-0.3, -0.25) is 4.90 Å². The highest BCUT2D eigenvalue weighted by molar-refractivity contribution is 5.74. The van der Waals surface area contributed by atoms with E-state index < -0.39 is 0 Å². The molecule has 1 aliphatic heterocycles. The largest absolute Gasteiger partial charge is 0.383 e. The van der Waals surface area contributed by atoms with Crippen molar-refractivity contribution in [2.45, 2.75) is 63.5 Å². The number of urea groups is 1. The summed E-state index contributed by atoms with van der Waals surface area (Å²) in [6.07, 6.45) is 6.87. The topological polar surface area (TPSA) is 44.8 Å². The van der Waals surface area contributed by atoms with Crippen molar-refractivity contribution in [3.63, 3.8) is 0 Å². The van der Waals surface area contributed by atoms with Gasteiger partial charge < -0.3 is 15.0 Å². The number of amides is 2. The van der Waals surface area contributed by atoms with Crippen LogP contribution < -0.4 is 5.32 Å². The van der Waals surface area contributed by atoms with Crippen LogP contribution in [0.3, 0.4) is 0 Å². The van der Waals surface area contributed by atoms with Crippen molar-refractivity contribution < 1.29 is 9.53 Å². The molecule has 1 heterocycles. The molecule has 0 radical (unpaired) electrons. The molecule has 2 aromatic rings. The number of aryl methyl sites for hydroxylation is 1. The molecule has 2 aromatic carbocycles. The first-order valence-electron chi connectivity index (χ1n) is 13.0. The summed E-state index contributed by atoms with van der Waals surface area (Å²) < 4.78 is 5.57. The Bertz CT molecular complexity index is 923. The summed E-state index contributed by atoms with van der Waals surface area (Å²) in [5, 5.41) is 3.18. The molecule has 2 fully saturated rings. The second-order valence-electron chi connectivity index (χ2n) is 10.1. The van der Waals surface area contributed by atoms with Gasteiger partial charge in [-0.1, -0.05) is 61.4 Å². The van der Waals surface area contributed by atoms with Gasteiger partial charge in [-0.15, -0.1) is 0 Å². The van der Waals surface area contributed by atoms with Gasteiger partial charge in [0, 0.05) is 45.2 Å². The van der Waals surface area contributed by atoms with Crippen molar-refractivity contribution in [3.05, 3.63) is 59.7 Å². The van der Waals surface area contributed by atoms with Crippen LogP contribution in [0.25, 0.3) is 11.1 Å². The molecule has 2 amide bonds. The summed E-state index contributed by atoms with van der Waals surface area (Å²) in [6, 6.07) is 18.6. The van der Waals surface area contributed by atoms with Crippen LogP contribution in [0.2, 0.25) is 0 Å². The van der Waals surface area contributed by atoms with Crippen LogP contribution >= 0.6 is 0 Å². The van der Waals surface area contributed by atoms with Crippen LogP contribution in [-0.2, 0) is 4.74 Å². The summed E-state index contributed by atoms with van der Waals surface area (Å²) >= 11 is 0. The number of likely N-dealkylation sites (tertiary alicyclic amines) is 1. The molecule has 34 heavy (non-hydrogen) atoms. The number of nitrogens with one attached hydrogen (secondary N) is 1. The second kappa shape index (κ2) is 11.9. The number of carbonyl (C=O) groups is 1. The lowest BCUT2D eigenvalue weighted by molar-refractivity contribution is 0.000452. The Hall–Kier alpha value is -2.37. The van der Waals surface area contributed by atoms with Crippen molar-refractivity contribution in [1.82, 2.24) is 15.1 Å². The number of hydrogen-bond donors (Lipinski definition) is 1. The maximum atomic E-state index is 12.4. The third kappa shape index (κ3) is 6.00. The fraction of sp³-hybridized carbons (Fsp3) is 0.552. The summed E-state index contributed by atoms with van der Waals surface area (Å²) in [5.74, 6) is 0.519. The maximum Gasteiger partial charge on any atom is 0.317 e. The minimum Gasteiger partial charge on any atom is -0.383 e. The monoisotopic (exact) mass is 463 g/mol. The van der Waals surface area contributed by atoms with Crippen LogP contribution in [0.4, 0.5) is 4.79 Å². The molecule has 1 aliphatic carbocycles. The third-order valence-electron chi connectivity index (χ3n) is 7.72. The minimum absolute atomic E-state index is 0.0855. The van der Waals surface area contributed by atoms with Crippen molar-refractivity contribution in [3.8, 4) is 11.1 Å². The lowest BCUT2D eigenvalue weighted by Gasteiger charge is -2.48. The molecular weight excluding hydrogens is 422 g/mol. The van der Waals surface area contributed by atoms with E-state index in [1.54, 1.807) is 7.11 Å². The molecule has 0 unspecified atom stereocenters. The van der Waals surface area contributed by atoms with E-state index in [4.69, 9.17) is 4.74 Å². The van der Waals surface area contributed by atoms with E-state index >= 15 is 0 Å². The van der Waals surface area contributed by atoms with E-state index in [9.17, 15) is 4.79 Å². The summed E-state index contributed by atoms with van der Waals surface area (Å²) in [6.45, 7) is 5.88. The molecular formula is C29H41N3O2. The lowest BCUT2D eigenvalue weighted by Crippen LogP contribution is -2.56. The molecule has 184 valence electrons. The van der Waals surface area contributed by atoms with Crippen molar-refractivity contribution in [2.24, 2.45) is 0 Å². The number of ether oxygens (including phenoxy) is 1. The average molecular weight is 464 g/mol. The second-order valence-corrected chi connectivity index (χ2v) is 10.1. The average Bonchev–Trinajstić information content (AvgIpc) is 3.35. The molecule has 4 rings (SSSR count). The number of rotatable bonds is 10. The van der Waals surface area contributed by atoms with Crippen LogP contribution in [-0.4, -0.2) is 68.3 Å². The zero-order valence-electron chi connectivity index (χ0n) is 21.1. The number of benzene rings is 2. The third-order valence-corrected chi connectivity index (χ3v) is 7.72. The van der Waals surface area contributed by atoms with Crippen molar-refractivity contribution in [2.75, 3.05) is 40.4 Å². The maximum absolute atomic E-state index is 12.4. The van der Waals surface area contributed by atoms with Crippen LogP contribution in [0.1, 0.15) is 55.6 Å². The van der Waals surface area contributed by atoms with E-state index in [0.29, 0.717) is 18.0 Å². The van der Waals surface area contributed by atoms with Crippen molar-refractivity contribution in [1.29, 1.82) is 0 Å².